The van der Waals surface area contributed by atoms with Crippen molar-refractivity contribution >= 4 is 0 Å². The van der Waals surface area contributed by atoms with Gasteiger partial charge in [-0.05, 0) is 34.9 Å². The van der Waals surface area contributed by atoms with Crippen LogP contribution in [0, 0.1) is 0 Å². The SMILES string of the molecule is C.CC(C)(C)c1ccc2c(c1)CC2. The van der Waals surface area contributed by atoms with E-state index in [1.165, 1.54) is 18.4 Å². The number of hydrogen-bond acceptors (Lipinski definition) is 0. The monoisotopic (exact) mass is 176 g/mol. The van der Waals surface area contributed by atoms with Crippen LogP contribution in [0.15, 0.2) is 18.2 Å². The van der Waals surface area contributed by atoms with Gasteiger partial charge in [0.25, 0.3) is 0 Å². The van der Waals surface area contributed by atoms with Crippen molar-refractivity contribution in [3.05, 3.63) is 34.9 Å². The second kappa shape index (κ2) is 3.17. The molecule has 0 aromatic heterocycles. The highest BCUT2D eigenvalue weighted by Crippen LogP contribution is 2.29. The van der Waals surface area contributed by atoms with E-state index in [1.54, 1.807) is 11.1 Å². The van der Waals surface area contributed by atoms with Gasteiger partial charge in [0.15, 0.2) is 0 Å². The average molecular weight is 176 g/mol. The summed E-state index contributed by atoms with van der Waals surface area (Å²) in [5.41, 5.74) is 4.91. The second-order valence-corrected chi connectivity index (χ2v) is 4.73. The Hall–Kier alpha value is -0.780. The summed E-state index contributed by atoms with van der Waals surface area (Å²) in [5, 5.41) is 0. The number of aryl methyl sites for hydroxylation is 2. The molecular weight excluding hydrogens is 156 g/mol. The van der Waals surface area contributed by atoms with E-state index < -0.39 is 0 Å². The molecule has 0 aliphatic heterocycles. The zero-order valence-electron chi connectivity index (χ0n) is 8.15. The Kier molecular flexibility index (Phi) is 2.51. The minimum absolute atomic E-state index is 0. The van der Waals surface area contributed by atoms with Gasteiger partial charge in [0, 0.05) is 0 Å². The quantitative estimate of drug-likeness (QED) is 0.565. The summed E-state index contributed by atoms with van der Waals surface area (Å²) < 4.78 is 0. The van der Waals surface area contributed by atoms with Gasteiger partial charge in [-0.2, -0.15) is 0 Å². The molecule has 72 valence electrons. The molecule has 0 radical (unpaired) electrons. The van der Waals surface area contributed by atoms with Crippen LogP contribution in [0.3, 0.4) is 0 Å². The van der Waals surface area contributed by atoms with Crippen LogP contribution >= 0.6 is 0 Å². The van der Waals surface area contributed by atoms with Gasteiger partial charge >= 0.3 is 0 Å². The number of hydrogen-bond donors (Lipinski definition) is 0. The lowest BCUT2D eigenvalue weighted by atomic mass is 9.80. The van der Waals surface area contributed by atoms with Gasteiger partial charge < -0.3 is 0 Å². The molecule has 0 spiro atoms. The van der Waals surface area contributed by atoms with Gasteiger partial charge in [0.05, 0.1) is 0 Å². The van der Waals surface area contributed by atoms with Crippen molar-refractivity contribution in [3.63, 3.8) is 0 Å². The fraction of sp³-hybridized carbons (Fsp3) is 0.538. The summed E-state index contributed by atoms with van der Waals surface area (Å²) in [5.74, 6) is 0. The highest BCUT2D eigenvalue weighted by Gasteiger charge is 2.18. The Morgan fingerprint density at radius 1 is 1.00 bits per heavy atom. The minimum Gasteiger partial charge on any atom is -0.0776 e. The maximum absolute atomic E-state index is 2.37. The normalized spacial score (nSPS) is 14.1. The highest BCUT2D eigenvalue weighted by molar-refractivity contribution is 5.40. The smallest absolute Gasteiger partial charge is 0.0132 e. The Morgan fingerprint density at radius 3 is 2.00 bits per heavy atom. The molecule has 0 saturated heterocycles. The molecule has 0 amide bonds. The molecule has 2 rings (SSSR count). The van der Waals surface area contributed by atoms with Crippen molar-refractivity contribution < 1.29 is 0 Å². The van der Waals surface area contributed by atoms with E-state index in [4.69, 9.17) is 0 Å². The fourth-order valence-electron chi connectivity index (χ4n) is 1.66. The van der Waals surface area contributed by atoms with Crippen LogP contribution in [0.1, 0.15) is 44.9 Å². The van der Waals surface area contributed by atoms with Crippen LogP contribution < -0.4 is 0 Å². The molecule has 1 aromatic carbocycles. The first-order valence-corrected chi connectivity index (χ1v) is 4.70. The number of benzene rings is 1. The Labute approximate surface area is 82.0 Å². The highest BCUT2D eigenvalue weighted by atomic mass is 14.2. The summed E-state index contributed by atoms with van der Waals surface area (Å²) in [4.78, 5) is 0. The van der Waals surface area contributed by atoms with Crippen molar-refractivity contribution in [2.45, 2.75) is 46.5 Å². The van der Waals surface area contributed by atoms with Crippen molar-refractivity contribution in [1.82, 2.24) is 0 Å². The lowest BCUT2D eigenvalue weighted by Crippen LogP contribution is -2.15. The van der Waals surface area contributed by atoms with Gasteiger partial charge in [-0.15, -0.1) is 0 Å². The zero-order valence-corrected chi connectivity index (χ0v) is 8.15. The van der Waals surface area contributed by atoms with E-state index in [0.717, 1.165) is 0 Å². The molecule has 0 nitrogen and oxygen atoms in total. The standard InChI is InChI=1S/C12H16.CH4/c1-12(2,3)11-7-6-9-4-5-10(9)8-11;/h6-8H,4-5H2,1-3H3;1H4. The molecule has 0 N–H and O–H groups in total. The first-order valence-electron chi connectivity index (χ1n) is 4.70. The van der Waals surface area contributed by atoms with E-state index in [9.17, 15) is 0 Å². The van der Waals surface area contributed by atoms with Crippen LogP contribution in [-0.2, 0) is 18.3 Å². The maximum atomic E-state index is 2.37. The average Bonchev–Trinajstić information content (AvgIpc) is 1.89. The van der Waals surface area contributed by atoms with Gasteiger partial charge in [0.1, 0.15) is 0 Å². The molecule has 0 heteroatoms. The lowest BCUT2D eigenvalue weighted by molar-refractivity contribution is 0.587. The Balaban J connectivity index is 0.000000845. The van der Waals surface area contributed by atoms with Gasteiger partial charge in [-0.25, -0.2) is 0 Å². The third-order valence-corrected chi connectivity index (χ3v) is 2.74. The molecule has 0 saturated carbocycles. The van der Waals surface area contributed by atoms with Crippen molar-refractivity contribution in [3.8, 4) is 0 Å². The first-order chi connectivity index (χ1) is 5.57. The van der Waals surface area contributed by atoms with Gasteiger partial charge in [0.2, 0.25) is 0 Å². The van der Waals surface area contributed by atoms with E-state index in [0.29, 0.717) is 5.41 Å². The van der Waals surface area contributed by atoms with E-state index in [1.807, 2.05) is 0 Å². The van der Waals surface area contributed by atoms with E-state index >= 15 is 0 Å². The lowest BCUT2D eigenvalue weighted by Gasteiger charge is -2.25. The summed E-state index contributed by atoms with van der Waals surface area (Å²) in [6.45, 7) is 6.81. The topological polar surface area (TPSA) is 0 Å². The van der Waals surface area contributed by atoms with Crippen molar-refractivity contribution in [2.75, 3.05) is 0 Å². The maximum Gasteiger partial charge on any atom is -0.0132 e. The predicted octanol–water partition coefficient (Wildman–Crippen LogP) is 3.72. The van der Waals surface area contributed by atoms with Gasteiger partial charge in [-0.1, -0.05) is 46.4 Å². The summed E-state index contributed by atoms with van der Waals surface area (Å²) in [6, 6.07) is 6.94. The third-order valence-electron chi connectivity index (χ3n) is 2.74. The Bertz CT molecular complexity index is 302. The summed E-state index contributed by atoms with van der Waals surface area (Å²) in [6.07, 6.45) is 2.58. The zero-order chi connectivity index (χ0) is 8.77. The Morgan fingerprint density at radius 2 is 1.62 bits per heavy atom. The van der Waals surface area contributed by atoms with Crippen LogP contribution in [-0.4, -0.2) is 0 Å². The van der Waals surface area contributed by atoms with Crippen LogP contribution in [0.2, 0.25) is 0 Å². The molecular formula is C13H20. The van der Waals surface area contributed by atoms with E-state index in [2.05, 4.69) is 39.0 Å². The molecule has 0 bridgehead atoms. The van der Waals surface area contributed by atoms with Crippen molar-refractivity contribution in [1.29, 1.82) is 0 Å². The van der Waals surface area contributed by atoms with Crippen LogP contribution in [0.5, 0.6) is 0 Å². The number of fused-ring (bicyclic) bond motifs is 1. The molecule has 0 heterocycles. The molecule has 1 aliphatic rings. The van der Waals surface area contributed by atoms with E-state index in [-0.39, 0.29) is 7.43 Å². The number of rotatable bonds is 0. The molecule has 1 aliphatic carbocycles. The molecule has 13 heavy (non-hydrogen) atoms. The molecule has 0 fully saturated rings. The van der Waals surface area contributed by atoms with Gasteiger partial charge in [-0.3, -0.25) is 0 Å². The third kappa shape index (κ3) is 1.77. The summed E-state index contributed by atoms with van der Waals surface area (Å²) >= 11 is 0. The van der Waals surface area contributed by atoms with Crippen LogP contribution in [0.4, 0.5) is 0 Å². The molecule has 0 unspecified atom stereocenters. The largest absolute Gasteiger partial charge is 0.0776 e. The second-order valence-electron chi connectivity index (χ2n) is 4.73. The summed E-state index contributed by atoms with van der Waals surface area (Å²) in [7, 11) is 0. The first kappa shape index (κ1) is 10.3. The predicted molar refractivity (Wildman–Crippen MR) is 59.3 cm³/mol. The molecule has 1 aromatic rings. The van der Waals surface area contributed by atoms with Crippen molar-refractivity contribution in [2.24, 2.45) is 0 Å². The fourth-order valence-corrected chi connectivity index (χ4v) is 1.66. The van der Waals surface area contributed by atoms with Crippen LogP contribution in [0.25, 0.3) is 0 Å². The molecule has 0 atom stereocenters. The minimum atomic E-state index is 0.